The predicted octanol–water partition coefficient (Wildman–Crippen LogP) is 2.15. The van der Waals surface area contributed by atoms with E-state index in [1.54, 1.807) is 13.0 Å². The maximum Gasteiger partial charge on any atom is 0.269 e. The molecule has 0 radical (unpaired) electrons. The number of nitrogens with one attached hydrogen (secondary N) is 1. The molecule has 1 fully saturated rings. The number of aryl methyl sites for hydroxylation is 1. The van der Waals surface area contributed by atoms with Gasteiger partial charge in [0.2, 0.25) is 0 Å². The SMILES string of the molecule is CNCC1CCCN1C(=O)c1ccc([N+](=O)[O-])cc1C.Cl. The minimum atomic E-state index is -0.444. The summed E-state index contributed by atoms with van der Waals surface area (Å²) >= 11 is 0. The lowest BCUT2D eigenvalue weighted by molar-refractivity contribution is -0.384. The molecule has 1 saturated heterocycles. The summed E-state index contributed by atoms with van der Waals surface area (Å²) in [7, 11) is 1.87. The van der Waals surface area contributed by atoms with Gasteiger partial charge in [-0.05, 0) is 38.4 Å². The van der Waals surface area contributed by atoms with E-state index in [0.717, 1.165) is 25.9 Å². The smallest absolute Gasteiger partial charge is 0.269 e. The number of amides is 1. The molecule has 0 spiro atoms. The van der Waals surface area contributed by atoms with Crippen LogP contribution in [0.1, 0.15) is 28.8 Å². The first kappa shape index (κ1) is 17.4. The molecule has 7 heteroatoms. The Morgan fingerprint density at radius 2 is 2.24 bits per heavy atom. The highest BCUT2D eigenvalue weighted by atomic mass is 35.5. The van der Waals surface area contributed by atoms with Gasteiger partial charge in [0.25, 0.3) is 11.6 Å². The van der Waals surface area contributed by atoms with Crippen LogP contribution in [0.5, 0.6) is 0 Å². The van der Waals surface area contributed by atoms with Gasteiger partial charge in [-0.2, -0.15) is 0 Å². The van der Waals surface area contributed by atoms with Crippen LogP contribution in [0.15, 0.2) is 18.2 Å². The standard InChI is InChI=1S/C14H19N3O3.ClH/c1-10-8-11(17(19)20)5-6-13(10)14(18)16-7-3-4-12(16)9-15-2;/h5-6,8,12,15H,3-4,7,9H2,1-2H3;1H. The number of nitrogens with zero attached hydrogens (tertiary/aromatic N) is 2. The molecule has 21 heavy (non-hydrogen) atoms. The summed E-state index contributed by atoms with van der Waals surface area (Å²) in [6.45, 7) is 3.27. The van der Waals surface area contributed by atoms with Gasteiger partial charge in [0.05, 0.1) is 4.92 Å². The molecule has 0 aliphatic carbocycles. The molecule has 2 rings (SSSR count). The van der Waals surface area contributed by atoms with Crippen molar-refractivity contribution in [1.29, 1.82) is 0 Å². The van der Waals surface area contributed by atoms with Gasteiger partial charge in [0, 0.05) is 36.8 Å². The Balaban J connectivity index is 0.00000220. The largest absolute Gasteiger partial charge is 0.334 e. The van der Waals surface area contributed by atoms with Gasteiger partial charge in [-0.3, -0.25) is 14.9 Å². The van der Waals surface area contributed by atoms with Crippen LogP contribution >= 0.6 is 12.4 Å². The van der Waals surface area contributed by atoms with E-state index in [1.165, 1.54) is 12.1 Å². The summed E-state index contributed by atoms with van der Waals surface area (Å²) in [6.07, 6.45) is 2.00. The molecule has 1 heterocycles. The summed E-state index contributed by atoms with van der Waals surface area (Å²) in [6, 6.07) is 4.62. The average molecular weight is 314 g/mol. The van der Waals surface area contributed by atoms with Crippen LogP contribution in [-0.2, 0) is 0 Å². The molecule has 1 atom stereocenters. The second-order valence-electron chi connectivity index (χ2n) is 5.11. The van der Waals surface area contributed by atoms with Crippen molar-refractivity contribution in [1.82, 2.24) is 10.2 Å². The third-order valence-electron chi connectivity index (χ3n) is 3.73. The number of likely N-dealkylation sites (tertiary alicyclic amines) is 1. The summed E-state index contributed by atoms with van der Waals surface area (Å²) < 4.78 is 0. The van der Waals surface area contributed by atoms with E-state index in [1.807, 2.05) is 11.9 Å². The maximum absolute atomic E-state index is 12.6. The summed E-state index contributed by atoms with van der Waals surface area (Å²) in [5.41, 5.74) is 1.23. The van der Waals surface area contributed by atoms with Crippen molar-refractivity contribution in [2.75, 3.05) is 20.1 Å². The lowest BCUT2D eigenvalue weighted by Crippen LogP contribution is -2.41. The average Bonchev–Trinajstić information content (AvgIpc) is 2.86. The third-order valence-corrected chi connectivity index (χ3v) is 3.73. The molecule has 116 valence electrons. The van der Waals surface area contributed by atoms with E-state index in [2.05, 4.69) is 5.32 Å². The Bertz CT molecular complexity index is 536. The molecule has 0 bridgehead atoms. The minimum Gasteiger partial charge on any atom is -0.334 e. The summed E-state index contributed by atoms with van der Waals surface area (Å²) in [5, 5.41) is 13.8. The second kappa shape index (κ2) is 7.38. The molecule has 1 unspecified atom stereocenters. The number of halogens is 1. The molecule has 1 aliphatic rings. The van der Waals surface area contributed by atoms with Crippen LogP contribution in [0.2, 0.25) is 0 Å². The zero-order chi connectivity index (χ0) is 14.7. The Morgan fingerprint density at radius 3 is 2.81 bits per heavy atom. The van der Waals surface area contributed by atoms with Crippen molar-refractivity contribution in [3.63, 3.8) is 0 Å². The Kier molecular flexibility index (Phi) is 6.11. The lowest BCUT2D eigenvalue weighted by Gasteiger charge is -2.25. The van der Waals surface area contributed by atoms with Crippen LogP contribution in [-0.4, -0.2) is 41.9 Å². The van der Waals surface area contributed by atoms with Crippen molar-refractivity contribution in [2.45, 2.75) is 25.8 Å². The number of carbonyl (C=O) groups excluding carboxylic acids is 1. The fourth-order valence-electron chi connectivity index (χ4n) is 2.71. The second-order valence-corrected chi connectivity index (χ2v) is 5.11. The third kappa shape index (κ3) is 3.71. The highest BCUT2D eigenvalue weighted by molar-refractivity contribution is 5.96. The zero-order valence-corrected chi connectivity index (χ0v) is 13.0. The minimum absolute atomic E-state index is 0. The lowest BCUT2D eigenvalue weighted by atomic mass is 10.1. The number of nitro benzene ring substituents is 1. The van der Waals surface area contributed by atoms with Gasteiger partial charge in [0.1, 0.15) is 0 Å². The van der Waals surface area contributed by atoms with Crippen molar-refractivity contribution < 1.29 is 9.72 Å². The molecule has 1 amide bonds. The highest BCUT2D eigenvalue weighted by Gasteiger charge is 2.29. The van der Waals surface area contributed by atoms with Crippen molar-refractivity contribution in [3.8, 4) is 0 Å². The first-order valence-corrected chi connectivity index (χ1v) is 6.75. The summed E-state index contributed by atoms with van der Waals surface area (Å²) in [4.78, 5) is 24.7. The molecule has 0 saturated carbocycles. The van der Waals surface area contributed by atoms with E-state index in [4.69, 9.17) is 0 Å². The van der Waals surface area contributed by atoms with Crippen molar-refractivity contribution >= 4 is 24.0 Å². The van der Waals surface area contributed by atoms with Gasteiger partial charge in [-0.15, -0.1) is 12.4 Å². The fourth-order valence-corrected chi connectivity index (χ4v) is 2.71. The Morgan fingerprint density at radius 1 is 1.52 bits per heavy atom. The Hall–Kier alpha value is -1.66. The normalized spacial score (nSPS) is 17.4. The number of rotatable bonds is 4. The van der Waals surface area contributed by atoms with E-state index in [0.29, 0.717) is 11.1 Å². The monoisotopic (exact) mass is 313 g/mol. The van der Waals surface area contributed by atoms with Gasteiger partial charge >= 0.3 is 0 Å². The predicted molar refractivity (Wildman–Crippen MR) is 83.1 cm³/mol. The fraction of sp³-hybridized carbons (Fsp3) is 0.500. The van der Waals surface area contributed by atoms with Crippen molar-refractivity contribution in [3.05, 3.63) is 39.4 Å². The number of likely N-dealkylation sites (N-methyl/N-ethyl adjacent to an activating group) is 1. The number of benzene rings is 1. The van der Waals surface area contributed by atoms with Crippen molar-refractivity contribution in [2.24, 2.45) is 0 Å². The number of carbonyl (C=O) groups is 1. The molecule has 1 aliphatic heterocycles. The Labute approximate surface area is 130 Å². The molecule has 6 nitrogen and oxygen atoms in total. The number of hydrogen-bond donors (Lipinski definition) is 1. The van der Waals surface area contributed by atoms with Gasteiger partial charge in [-0.1, -0.05) is 0 Å². The van der Waals surface area contributed by atoms with E-state index in [-0.39, 0.29) is 30.0 Å². The number of nitro groups is 1. The van der Waals surface area contributed by atoms with E-state index < -0.39 is 4.92 Å². The molecule has 1 aromatic carbocycles. The summed E-state index contributed by atoms with van der Waals surface area (Å²) in [5.74, 6) is -0.0323. The quantitative estimate of drug-likeness (QED) is 0.682. The highest BCUT2D eigenvalue weighted by Crippen LogP contribution is 2.23. The number of non-ortho nitro benzene ring substituents is 1. The van der Waals surface area contributed by atoms with Crippen LogP contribution in [0.25, 0.3) is 0 Å². The molecule has 1 aromatic rings. The first-order chi connectivity index (χ1) is 9.54. The van der Waals surface area contributed by atoms with Crippen LogP contribution in [0.3, 0.4) is 0 Å². The van der Waals surface area contributed by atoms with E-state index >= 15 is 0 Å². The molecule has 1 N–H and O–H groups in total. The van der Waals surface area contributed by atoms with E-state index in [9.17, 15) is 14.9 Å². The topological polar surface area (TPSA) is 75.5 Å². The van der Waals surface area contributed by atoms with Crippen LogP contribution < -0.4 is 5.32 Å². The maximum atomic E-state index is 12.6. The van der Waals surface area contributed by atoms with Gasteiger partial charge in [-0.25, -0.2) is 0 Å². The van der Waals surface area contributed by atoms with Gasteiger partial charge in [0.15, 0.2) is 0 Å². The molecular weight excluding hydrogens is 294 g/mol. The molecule has 0 aromatic heterocycles. The number of hydrogen-bond acceptors (Lipinski definition) is 4. The zero-order valence-electron chi connectivity index (χ0n) is 12.2. The first-order valence-electron chi connectivity index (χ1n) is 6.75. The van der Waals surface area contributed by atoms with Gasteiger partial charge < -0.3 is 10.2 Å². The molecular formula is C14H20ClN3O3. The van der Waals surface area contributed by atoms with Crippen LogP contribution in [0.4, 0.5) is 5.69 Å². The van der Waals surface area contributed by atoms with Crippen LogP contribution in [0, 0.1) is 17.0 Å².